The van der Waals surface area contributed by atoms with E-state index in [0.29, 0.717) is 6.42 Å². The Morgan fingerprint density at radius 2 is 1.88 bits per heavy atom. The summed E-state index contributed by atoms with van der Waals surface area (Å²) in [5.41, 5.74) is 0.849. The normalized spacial score (nSPS) is 26.0. The summed E-state index contributed by atoms with van der Waals surface area (Å²) in [6.07, 6.45) is 4.63. The zero-order valence-corrected chi connectivity index (χ0v) is 15.1. The van der Waals surface area contributed by atoms with E-state index in [1.165, 1.54) is 6.92 Å². The van der Waals surface area contributed by atoms with E-state index >= 15 is 0 Å². The third kappa shape index (κ3) is 3.89. The van der Waals surface area contributed by atoms with Gasteiger partial charge in [-0.05, 0) is 30.7 Å². The molecule has 0 radical (unpaired) electrons. The first-order valence-electron chi connectivity index (χ1n) is 9.33. The quantitative estimate of drug-likeness (QED) is 0.847. The third-order valence-electron chi connectivity index (χ3n) is 5.62. The Morgan fingerprint density at radius 3 is 2.54 bits per heavy atom. The van der Waals surface area contributed by atoms with Crippen LogP contribution in [0.25, 0.3) is 0 Å². The van der Waals surface area contributed by atoms with Crippen LogP contribution in [0.4, 0.5) is 0 Å². The number of carbonyl (C=O) groups excluding carboxylic acids is 2. The molecule has 1 heterocycles. The number of nitrogens with one attached hydrogen (secondary N) is 1. The topological polar surface area (TPSA) is 86.7 Å². The minimum Gasteiger partial charge on any atom is -0.480 e. The summed E-state index contributed by atoms with van der Waals surface area (Å²) >= 11 is 0. The molecule has 2 amide bonds. The van der Waals surface area contributed by atoms with E-state index in [1.54, 1.807) is 4.90 Å². The highest BCUT2D eigenvalue weighted by Gasteiger charge is 2.47. The number of hydrogen-bond donors (Lipinski definition) is 2. The summed E-state index contributed by atoms with van der Waals surface area (Å²) in [6.45, 7) is 1.42. The summed E-state index contributed by atoms with van der Waals surface area (Å²) in [4.78, 5) is 38.0. The van der Waals surface area contributed by atoms with Crippen molar-refractivity contribution in [2.75, 3.05) is 0 Å². The number of hydrogen-bond acceptors (Lipinski definition) is 3. The Labute approximate surface area is 153 Å². The number of fused-ring (bicyclic) bond motifs is 1. The van der Waals surface area contributed by atoms with Crippen molar-refractivity contribution in [1.29, 1.82) is 0 Å². The van der Waals surface area contributed by atoms with Gasteiger partial charge in [-0.2, -0.15) is 0 Å². The van der Waals surface area contributed by atoms with E-state index in [0.717, 1.165) is 31.2 Å². The van der Waals surface area contributed by atoms with Crippen molar-refractivity contribution in [2.45, 2.75) is 63.6 Å². The van der Waals surface area contributed by atoms with Crippen LogP contribution in [0.1, 0.15) is 57.1 Å². The van der Waals surface area contributed by atoms with Crippen molar-refractivity contribution in [2.24, 2.45) is 5.92 Å². The Balaban J connectivity index is 1.80. The van der Waals surface area contributed by atoms with E-state index < -0.39 is 18.1 Å². The maximum atomic E-state index is 13.1. The number of amides is 2. The Bertz CT molecular complexity index is 676. The van der Waals surface area contributed by atoms with Crippen molar-refractivity contribution >= 4 is 17.8 Å². The molecular weight excluding hydrogens is 332 g/mol. The van der Waals surface area contributed by atoms with Crippen LogP contribution in [0.3, 0.4) is 0 Å². The zero-order valence-electron chi connectivity index (χ0n) is 15.1. The molecule has 1 aliphatic carbocycles. The molecule has 2 aliphatic rings. The van der Waals surface area contributed by atoms with E-state index in [4.69, 9.17) is 0 Å². The molecule has 26 heavy (non-hydrogen) atoms. The van der Waals surface area contributed by atoms with E-state index in [9.17, 15) is 19.5 Å². The van der Waals surface area contributed by atoms with Crippen molar-refractivity contribution in [3.8, 4) is 0 Å². The van der Waals surface area contributed by atoms with Gasteiger partial charge in [0.05, 0.1) is 12.5 Å². The van der Waals surface area contributed by atoms with Crippen LogP contribution in [0, 0.1) is 5.92 Å². The molecule has 4 atom stereocenters. The summed E-state index contributed by atoms with van der Waals surface area (Å²) in [7, 11) is 0. The molecule has 0 aromatic heterocycles. The number of rotatable bonds is 5. The molecule has 1 saturated carbocycles. The predicted octanol–water partition coefficient (Wildman–Crippen LogP) is 2.50. The molecule has 3 rings (SSSR count). The number of likely N-dealkylation sites (tertiary alicyclic amines) is 1. The summed E-state index contributed by atoms with van der Waals surface area (Å²) in [6, 6.07) is 8.17. The molecule has 2 fully saturated rings. The molecule has 1 aromatic rings. The van der Waals surface area contributed by atoms with Crippen molar-refractivity contribution in [3.63, 3.8) is 0 Å². The van der Waals surface area contributed by atoms with Gasteiger partial charge >= 0.3 is 5.97 Å². The highest BCUT2D eigenvalue weighted by molar-refractivity contribution is 5.85. The van der Waals surface area contributed by atoms with Crippen LogP contribution in [0.5, 0.6) is 0 Å². The van der Waals surface area contributed by atoms with Gasteiger partial charge in [-0.25, -0.2) is 4.79 Å². The molecule has 0 unspecified atom stereocenters. The SMILES string of the molecule is CC(=O)N[C@H](CC(=O)N1[C@H](C(=O)O)C[C@@H]2CCCC[C@@H]21)c1ccccc1. The number of carbonyl (C=O) groups is 3. The van der Waals surface area contributed by atoms with Gasteiger partial charge in [0.25, 0.3) is 0 Å². The van der Waals surface area contributed by atoms with Gasteiger partial charge in [0.2, 0.25) is 11.8 Å². The molecule has 2 N–H and O–H groups in total. The molecule has 140 valence electrons. The summed E-state index contributed by atoms with van der Waals surface area (Å²) in [5, 5.41) is 12.4. The van der Waals surface area contributed by atoms with Crippen molar-refractivity contribution in [3.05, 3.63) is 35.9 Å². The molecule has 6 nitrogen and oxygen atoms in total. The fourth-order valence-electron chi connectivity index (χ4n) is 4.50. The molecule has 1 saturated heterocycles. The fourth-order valence-corrected chi connectivity index (χ4v) is 4.50. The second-order valence-corrected chi connectivity index (χ2v) is 7.37. The largest absolute Gasteiger partial charge is 0.480 e. The molecule has 1 aliphatic heterocycles. The number of carboxylic acid groups (broad SMARTS) is 1. The van der Waals surface area contributed by atoms with Crippen LogP contribution in [-0.4, -0.2) is 39.9 Å². The van der Waals surface area contributed by atoms with E-state index in [2.05, 4.69) is 5.32 Å². The monoisotopic (exact) mass is 358 g/mol. The lowest BCUT2D eigenvalue weighted by atomic mass is 9.84. The van der Waals surface area contributed by atoms with Crippen molar-refractivity contribution in [1.82, 2.24) is 10.2 Å². The molecule has 6 heteroatoms. The van der Waals surface area contributed by atoms with E-state index in [-0.39, 0.29) is 30.2 Å². The second-order valence-electron chi connectivity index (χ2n) is 7.37. The Morgan fingerprint density at radius 1 is 1.19 bits per heavy atom. The van der Waals surface area contributed by atoms with Crippen molar-refractivity contribution < 1.29 is 19.5 Å². The van der Waals surface area contributed by atoms with Gasteiger partial charge in [-0.1, -0.05) is 43.2 Å². The standard InChI is InChI=1S/C20H26N2O4/c1-13(23)21-16(14-7-3-2-4-8-14)12-19(24)22-17-10-6-5-9-15(17)11-18(22)20(25)26/h2-4,7-8,15-18H,5-6,9-12H2,1H3,(H,21,23)(H,25,26)/t15-,16+,17-,18-/m0/s1. The Kier molecular flexibility index (Phi) is 5.59. The van der Waals surface area contributed by atoms with E-state index in [1.807, 2.05) is 30.3 Å². The van der Waals surface area contributed by atoms with Crippen LogP contribution in [0.15, 0.2) is 30.3 Å². The molecule has 0 bridgehead atoms. The number of aliphatic carboxylic acids is 1. The van der Waals surface area contributed by atoms with Crippen LogP contribution in [0.2, 0.25) is 0 Å². The van der Waals surface area contributed by atoms with Gasteiger partial charge in [0.15, 0.2) is 0 Å². The van der Waals surface area contributed by atoms with Gasteiger partial charge in [0.1, 0.15) is 6.04 Å². The highest BCUT2D eigenvalue weighted by atomic mass is 16.4. The first-order chi connectivity index (χ1) is 12.5. The summed E-state index contributed by atoms with van der Waals surface area (Å²) < 4.78 is 0. The van der Waals surface area contributed by atoms with Gasteiger partial charge < -0.3 is 15.3 Å². The lowest BCUT2D eigenvalue weighted by Crippen LogP contribution is -2.47. The molecular formula is C20H26N2O4. The smallest absolute Gasteiger partial charge is 0.326 e. The minimum atomic E-state index is -0.927. The first kappa shape index (κ1) is 18.4. The maximum absolute atomic E-state index is 13.1. The predicted molar refractivity (Wildman–Crippen MR) is 96.2 cm³/mol. The number of carboxylic acids is 1. The lowest BCUT2D eigenvalue weighted by molar-refractivity contribution is -0.150. The molecule has 0 spiro atoms. The third-order valence-corrected chi connectivity index (χ3v) is 5.62. The molecule has 1 aromatic carbocycles. The average molecular weight is 358 g/mol. The maximum Gasteiger partial charge on any atom is 0.326 e. The summed E-state index contributed by atoms with van der Waals surface area (Å²) in [5.74, 6) is -1.04. The number of benzene rings is 1. The average Bonchev–Trinajstić information content (AvgIpc) is 3.01. The zero-order chi connectivity index (χ0) is 18.7. The fraction of sp³-hybridized carbons (Fsp3) is 0.550. The van der Waals surface area contributed by atoms with Crippen LogP contribution >= 0.6 is 0 Å². The second kappa shape index (κ2) is 7.89. The lowest BCUT2D eigenvalue weighted by Gasteiger charge is -2.34. The Hall–Kier alpha value is -2.37. The van der Waals surface area contributed by atoms with Crippen LogP contribution in [-0.2, 0) is 14.4 Å². The highest BCUT2D eigenvalue weighted by Crippen LogP contribution is 2.40. The van der Waals surface area contributed by atoms with Crippen LogP contribution < -0.4 is 5.32 Å². The van der Waals surface area contributed by atoms with Gasteiger partial charge in [-0.15, -0.1) is 0 Å². The first-order valence-corrected chi connectivity index (χ1v) is 9.33. The number of nitrogens with zero attached hydrogens (tertiary/aromatic N) is 1. The minimum absolute atomic E-state index is 0.0195. The van der Waals surface area contributed by atoms with Gasteiger partial charge in [-0.3, -0.25) is 9.59 Å². The van der Waals surface area contributed by atoms with Gasteiger partial charge in [0, 0.05) is 13.0 Å².